The van der Waals surface area contributed by atoms with Crippen molar-refractivity contribution in [3.63, 3.8) is 0 Å². The second kappa shape index (κ2) is 4.51. The van der Waals surface area contributed by atoms with E-state index in [1.54, 1.807) is 6.33 Å². The molecule has 0 unspecified atom stereocenters. The van der Waals surface area contributed by atoms with Crippen molar-refractivity contribution in [1.82, 2.24) is 19.5 Å². The van der Waals surface area contributed by atoms with E-state index in [2.05, 4.69) is 15.0 Å². The highest BCUT2D eigenvalue weighted by atomic mass is 16.5. The van der Waals surface area contributed by atoms with Crippen LogP contribution in [0.25, 0.3) is 11.2 Å². The fourth-order valence-electron chi connectivity index (χ4n) is 2.36. The van der Waals surface area contributed by atoms with Crippen LogP contribution in [0.2, 0.25) is 0 Å². The topological polar surface area (TPSA) is 99.1 Å². The average molecular weight is 249 g/mol. The standard InChI is InChI=1S/C11H15N5O2/c12-10-9-11(14-5-13-10)16(6-15-9)7-3-8(1-2-17)18-4-7/h5-8,17H,1-4H2,(H2,12,13,14)/t7-,8+/m0/s1. The van der Waals surface area contributed by atoms with Gasteiger partial charge in [-0.15, -0.1) is 0 Å². The van der Waals surface area contributed by atoms with Crippen LogP contribution >= 0.6 is 0 Å². The van der Waals surface area contributed by atoms with E-state index < -0.39 is 0 Å². The largest absolute Gasteiger partial charge is 0.396 e. The molecule has 2 aromatic rings. The Bertz CT molecular complexity index is 555. The van der Waals surface area contributed by atoms with Crippen LogP contribution in [0.5, 0.6) is 0 Å². The molecule has 0 bridgehead atoms. The first kappa shape index (κ1) is 11.4. The van der Waals surface area contributed by atoms with Crippen LogP contribution in [-0.2, 0) is 4.74 Å². The lowest BCUT2D eigenvalue weighted by Gasteiger charge is -2.10. The Morgan fingerprint density at radius 1 is 1.44 bits per heavy atom. The van der Waals surface area contributed by atoms with Gasteiger partial charge in [0.25, 0.3) is 0 Å². The number of nitrogen functional groups attached to an aromatic ring is 1. The van der Waals surface area contributed by atoms with Gasteiger partial charge in [-0.25, -0.2) is 15.0 Å². The number of hydrogen-bond acceptors (Lipinski definition) is 6. The van der Waals surface area contributed by atoms with Crippen LogP contribution < -0.4 is 5.73 Å². The summed E-state index contributed by atoms with van der Waals surface area (Å²) < 4.78 is 7.60. The van der Waals surface area contributed by atoms with Crippen LogP contribution in [0.3, 0.4) is 0 Å². The molecule has 1 fully saturated rings. The zero-order valence-corrected chi connectivity index (χ0v) is 9.86. The summed E-state index contributed by atoms with van der Waals surface area (Å²) in [6, 6.07) is 0.195. The molecule has 7 nitrogen and oxygen atoms in total. The third-order valence-electron chi connectivity index (χ3n) is 3.29. The lowest BCUT2D eigenvalue weighted by atomic mass is 10.1. The lowest BCUT2D eigenvalue weighted by molar-refractivity contribution is 0.0843. The maximum Gasteiger partial charge on any atom is 0.165 e. The second-order valence-corrected chi connectivity index (χ2v) is 4.44. The smallest absolute Gasteiger partial charge is 0.165 e. The average Bonchev–Trinajstić information content (AvgIpc) is 2.96. The highest BCUT2D eigenvalue weighted by Gasteiger charge is 2.27. The summed E-state index contributed by atoms with van der Waals surface area (Å²) in [6.07, 6.45) is 4.80. The first-order chi connectivity index (χ1) is 8.79. The molecule has 3 heterocycles. The molecule has 18 heavy (non-hydrogen) atoms. The predicted molar refractivity (Wildman–Crippen MR) is 64.8 cm³/mol. The normalized spacial score (nSPS) is 23.8. The molecule has 0 aliphatic carbocycles. The molecule has 0 saturated carbocycles. The van der Waals surface area contributed by atoms with E-state index in [0.29, 0.717) is 24.4 Å². The van der Waals surface area contributed by atoms with Crippen LogP contribution in [0.15, 0.2) is 12.7 Å². The molecular weight excluding hydrogens is 234 g/mol. The van der Waals surface area contributed by atoms with Crippen LogP contribution in [0, 0.1) is 0 Å². The van der Waals surface area contributed by atoms with E-state index in [1.807, 2.05) is 4.57 Å². The van der Waals surface area contributed by atoms with E-state index in [4.69, 9.17) is 15.6 Å². The molecule has 0 amide bonds. The van der Waals surface area contributed by atoms with Crippen molar-refractivity contribution in [2.24, 2.45) is 0 Å². The Hall–Kier alpha value is -1.73. The summed E-state index contributed by atoms with van der Waals surface area (Å²) in [5.41, 5.74) is 7.12. The van der Waals surface area contributed by atoms with Gasteiger partial charge in [-0.05, 0) is 12.8 Å². The number of aliphatic hydroxyl groups excluding tert-OH is 1. The lowest BCUT2D eigenvalue weighted by Crippen LogP contribution is -2.10. The minimum absolute atomic E-state index is 0.108. The van der Waals surface area contributed by atoms with Gasteiger partial charge < -0.3 is 20.1 Å². The van der Waals surface area contributed by atoms with Crippen LogP contribution in [0.1, 0.15) is 18.9 Å². The Morgan fingerprint density at radius 3 is 3.17 bits per heavy atom. The van der Waals surface area contributed by atoms with Gasteiger partial charge in [0, 0.05) is 6.61 Å². The summed E-state index contributed by atoms with van der Waals surface area (Å²) in [6.45, 7) is 0.761. The van der Waals surface area contributed by atoms with E-state index in [-0.39, 0.29) is 18.8 Å². The number of imidazole rings is 1. The van der Waals surface area contributed by atoms with Gasteiger partial charge >= 0.3 is 0 Å². The Labute approximate surface area is 104 Å². The highest BCUT2D eigenvalue weighted by Crippen LogP contribution is 2.29. The minimum atomic E-state index is 0.108. The van der Waals surface area contributed by atoms with Crippen LogP contribution in [-0.4, -0.2) is 43.9 Å². The number of anilines is 1. The molecule has 0 aromatic carbocycles. The maximum absolute atomic E-state index is 8.92. The van der Waals surface area contributed by atoms with Gasteiger partial charge in [0.05, 0.1) is 25.1 Å². The van der Waals surface area contributed by atoms with Gasteiger partial charge in [0.1, 0.15) is 11.8 Å². The van der Waals surface area contributed by atoms with Crippen molar-refractivity contribution in [3.05, 3.63) is 12.7 Å². The molecule has 0 spiro atoms. The second-order valence-electron chi connectivity index (χ2n) is 4.44. The third kappa shape index (κ3) is 1.81. The number of aromatic nitrogens is 4. The van der Waals surface area contributed by atoms with Gasteiger partial charge in [-0.1, -0.05) is 0 Å². The molecule has 96 valence electrons. The number of nitrogens with zero attached hydrogens (tertiary/aromatic N) is 4. The quantitative estimate of drug-likeness (QED) is 0.801. The summed E-state index contributed by atoms with van der Waals surface area (Å²) in [7, 11) is 0. The summed E-state index contributed by atoms with van der Waals surface area (Å²) in [4.78, 5) is 12.4. The summed E-state index contributed by atoms with van der Waals surface area (Å²) in [5, 5.41) is 8.92. The fourth-order valence-corrected chi connectivity index (χ4v) is 2.36. The fraction of sp³-hybridized carbons (Fsp3) is 0.545. The van der Waals surface area contributed by atoms with Crippen molar-refractivity contribution in [1.29, 1.82) is 0 Å². The minimum Gasteiger partial charge on any atom is -0.396 e. The molecule has 1 aliphatic heterocycles. The zero-order chi connectivity index (χ0) is 12.5. The number of aliphatic hydroxyl groups is 1. The maximum atomic E-state index is 8.92. The molecule has 1 saturated heterocycles. The molecule has 3 rings (SSSR count). The molecule has 2 atom stereocenters. The van der Waals surface area contributed by atoms with Gasteiger partial charge in [-0.2, -0.15) is 0 Å². The van der Waals surface area contributed by atoms with Crippen LogP contribution in [0.4, 0.5) is 5.82 Å². The molecule has 2 aromatic heterocycles. The Morgan fingerprint density at radius 2 is 2.33 bits per heavy atom. The van der Waals surface area contributed by atoms with Gasteiger partial charge in [0.2, 0.25) is 0 Å². The first-order valence-corrected chi connectivity index (χ1v) is 5.95. The number of hydrogen-bond donors (Lipinski definition) is 2. The van der Waals surface area contributed by atoms with Crippen molar-refractivity contribution in [2.75, 3.05) is 18.9 Å². The van der Waals surface area contributed by atoms with E-state index in [9.17, 15) is 0 Å². The molecule has 1 aliphatic rings. The monoisotopic (exact) mass is 249 g/mol. The third-order valence-corrected chi connectivity index (χ3v) is 3.29. The van der Waals surface area contributed by atoms with Gasteiger partial charge in [0.15, 0.2) is 11.5 Å². The van der Waals surface area contributed by atoms with E-state index in [1.165, 1.54) is 6.33 Å². The highest BCUT2D eigenvalue weighted by molar-refractivity contribution is 5.81. The van der Waals surface area contributed by atoms with E-state index >= 15 is 0 Å². The number of rotatable bonds is 3. The zero-order valence-electron chi connectivity index (χ0n) is 9.86. The van der Waals surface area contributed by atoms with E-state index in [0.717, 1.165) is 12.1 Å². The summed E-state index contributed by atoms with van der Waals surface area (Å²) in [5.74, 6) is 0.393. The first-order valence-electron chi connectivity index (χ1n) is 5.95. The van der Waals surface area contributed by atoms with Crippen molar-refractivity contribution >= 4 is 17.0 Å². The number of fused-ring (bicyclic) bond motifs is 1. The molecule has 7 heteroatoms. The SMILES string of the molecule is Nc1ncnc2c1ncn2[C@@H]1CO[C@H](CCO)C1. The van der Waals surface area contributed by atoms with Crippen molar-refractivity contribution in [2.45, 2.75) is 25.0 Å². The molecule has 0 radical (unpaired) electrons. The Balaban J connectivity index is 1.89. The molecule has 3 N–H and O–H groups in total. The number of nitrogens with two attached hydrogens (primary N) is 1. The van der Waals surface area contributed by atoms with Crippen molar-refractivity contribution in [3.8, 4) is 0 Å². The molecular formula is C11H15N5O2. The predicted octanol–water partition coefficient (Wildman–Crippen LogP) is 0.121. The summed E-state index contributed by atoms with van der Waals surface area (Å²) >= 11 is 0. The van der Waals surface area contributed by atoms with Crippen molar-refractivity contribution < 1.29 is 9.84 Å². The Kier molecular flexibility index (Phi) is 2.85. The number of ether oxygens (including phenoxy) is 1. The van der Waals surface area contributed by atoms with Gasteiger partial charge in [-0.3, -0.25) is 0 Å².